The fraction of sp³-hybridized carbons (Fsp3) is 0.333. The van der Waals surface area contributed by atoms with Crippen molar-refractivity contribution in [2.45, 2.75) is 32.7 Å². The van der Waals surface area contributed by atoms with Crippen molar-refractivity contribution in [1.82, 2.24) is 9.80 Å². The number of ether oxygens (including phenoxy) is 1. The molecule has 1 fully saturated rings. The summed E-state index contributed by atoms with van der Waals surface area (Å²) < 4.78 is 19.8. The van der Waals surface area contributed by atoms with Crippen molar-refractivity contribution in [3.05, 3.63) is 71.2 Å². The summed E-state index contributed by atoms with van der Waals surface area (Å²) in [6.07, 6.45) is 2.87. The Bertz CT molecular complexity index is 978. The maximum Gasteiger partial charge on any atom is 0.278 e. The van der Waals surface area contributed by atoms with Crippen LogP contribution in [0.3, 0.4) is 0 Å². The molecule has 2 aliphatic rings. The molecule has 0 bridgehead atoms. The van der Waals surface area contributed by atoms with Gasteiger partial charge in [-0.15, -0.1) is 0 Å². The van der Waals surface area contributed by atoms with E-state index >= 15 is 0 Å². The van der Waals surface area contributed by atoms with E-state index in [0.29, 0.717) is 29.0 Å². The van der Waals surface area contributed by atoms with Gasteiger partial charge < -0.3 is 9.64 Å². The highest BCUT2D eigenvalue weighted by Crippen LogP contribution is 2.35. The zero-order valence-corrected chi connectivity index (χ0v) is 17.1. The molecule has 1 saturated heterocycles. The van der Waals surface area contributed by atoms with Crippen molar-refractivity contribution in [2.24, 2.45) is 0 Å². The number of hydrogen-bond donors (Lipinski definition) is 0. The Morgan fingerprint density at radius 2 is 1.67 bits per heavy atom. The van der Waals surface area contributed by atoms with Crippen LogP contribution in [0.2, 0.25) is 0 Å². The minimum atomic E-state index is -0.424. The summed E-state index contributed by atoms with van der Waals surface area (Å²) in [6, 6.07) is 13.5. The highest BCUT2D eigenvalue weighted by molar-refractivity contribution is 6.35. The van der Waals surface area contributed by atoms with E-state index in [1.54, 1.807) is 18.2 Å². The summed E-state index contributed by atoms with van der Waals surface area (Å²) in [5.41, 5.74) is 1.82. The molecule has 6 heteroatoms. The summed E-state index contributed by atoms with van der Waals surface area (Å²) in [6.45, 7) is 4.05. The molecule has 2 heterocycles. The molecule has 2 aromatic carbocycles. The van der Waals surface area contributed by atoms with Gasteiger partial charge in [-0.25, -0.2) is 4.39 Å². The van der Waals surface area contributed by atoms with Gasteiger partial charge in [0, 0.05) is 18.7 Å². The van der Waals surface area contributed by atoms with Crippen LogP contribution in [0, 0.1) is 5.82 Å². The molecule has 4 rings (SSSR count). The third-order valence-electron chi connectivity index (χ3n) is 5.47. The number of imide groups is 1. The Kier molecular flexibility index (Phi) is 5.84. The van der Waals surface area contributed by atoms with Crippen LogP contribution in [0.5, 0.6) is 5.75 Å². The molecule has 2 amide bonds. The van der Waals surface area contributed by atoms with Crippen molar-refractivity contribution in [2.75, 3.05) is 19.7 Å². The van der Waals surface area contributed by atoms with Gasteiger partial charge in [0.15, 0.2) is 0 Å². The van der Waals surface area contributed by atoms with Crippen molar-refractivity contribution in [1.29, 1.82) is 0 Å². The fourth-order valence-corrected chi connectivity index (χ4v) is 3.94. The quantitative estimate of drug-likeness (QED) is 0.650. The maximum absolute atomic E-state index is 14.2. The molecule has 5 nitrogen and oxygen atoms in total. The molecule has 0 unspecified atom stereocenters. The molecule has 0 aromatic heterocycles. The van der Waals surface area contributed by atoms with Gasteiger partial charge in [0.1, 0.15) is 17.3 Å². The van der Waals surface area contributed by atoms with Crippen LogP contribution in [-0.2, 0) is 16.1 Å². The lowest BCUT2D eigenvalue weighted by atomic mass is 10.0. The van der Waals surface area contributed by atoms with E-state index in [-0.39, 0.29) is 18.4 Å². The van der Waals surface area contributed by atoms with Crippen LogP contribution in [0.15, 0.2) is 54.2 Å². The fourth-order valence-electron chi connectivity index (χ4n) is 3.94. The molecule has 0 aliphatic carbocycles. The summed E-state index contributed by atoms with van der Waals surface area (Å²) in [5.74, 6) is -0.436. The summed E-state index contributed by atoms with van der Waals surface area (Å²) in [4.78, 5) is 29.7. The molecule has 0 spiro atoms. The van der Waals surface area contributed by atoms with Crippen molar-refractivity contribution >= 4 is 17.4 Å². The zero-order valence-electron chi connectivity index (χ0n) is 17.1. The average Bonchev–Trinajstić information content (AvgIpc) is 3.36. The second-order valence-electron chi connectivity index (χ2n) is 7.58. The minimum Gasteiger partial charge on any atom is -0.494 e. The number of carbonyl (C=O) groups excluding carboxylic acids is 2. The first-order valence-electron chi connectivity index (χ1n) is 10.4. The van der Waals surface area contributed by atoms with Gasteiger partial charge in [-0.05, 0) is 43.0 Å². The normalized spacial score (nSPS) is 16.7. The second kappa shape index (κ2) is 8.69. The maximum atomic E-state index is 14.2. The van der Waals surface area contributed by atoms with Gasteiger partial charge in [0.2, 0.25) is 0 Å². The molecule has 156 valence electrons. The van der Waals surface area contributed by atoms with E-state index in [9.17, 15) is 14.0 Å². The number of benzene rings is 2. The number of rotatable bonds is 7. The minimum absolute atomic E-state index is 0.0805. The first kappa shape index (κ1) is 20.1. The van der Waals surface area contributed by atoms with Crippen molar-refractivity contribution in [3.63, 3.8) is 0 Å². The van der Waals surface area contributed by atoms with E-state index in [1.165, 1.54) is 6.07 Å². The van der Waals surface area contributed by atoms with Gasteiger partial charge in [-0.3, -0.25) is 14.5 Å². The third kappa shape index (κ3) is 3.82. The highest BCUT2D eigenvalue weighted by atomic mass is 19.1. The molecule has 2 aromatic rings. The third-order valence-corrected chi connectivity index (χ3v) is 5.47. The Labute approximate surface area is 175 Å². The van der Waals surface area contributed by atoms with E-state index in [4.69, 9.17) is 4.74 Å². The number of carbonyl (C=O) groups is 2. The number of halogens is 1. The average molecular weight is 408 g/mol. The first-order chi connectivity index (χ1) is 14.6. The summed E-state index contributed by atoms with van der Waals surface area (Å²) in [5, 5.41) is 0. The van der Waals surface area contributed by atoms with Crippen LogP contribution in [0.1, 0.15) is 37.3 Å². The monoisotopic (exact) mass is 408 g/mol. The van der Waals surface area contributed by atoms with Gasteiger partial charge in [0.05, 0.1) is 18.7 Å². The molecular weight excluding hydrogens is 383 g/mol. The SMILES string of the molecule is CCCOc1ccc(C2=C(N3CCCC3)C(=O)N(Cc3ccccc3F)C2=O)cc1. The molecular formula is C24H25FN2O3. The van der Waals surface area contributed by atoms with E-state index in [2.05, 4.69) is 0 Å². The van der Waals surface area contributed by atoms with Gasteiger partial charge in [-0.1, -0.05) is 37.3 Å². The molecule has 0 radical (unpaired) electrons. The largest absolute Gasteiger partial charge is 0.494 e. The molecule has 0 N–H and O–H groups in total. The van der Waals surface area contributed by atoms with Gasteiger partial charge in [-0.2, -0.15) is 0 Å². The van der Waals surface area contributed by atoms with E-state index < -0.39 is 5.82 Å². The van der Waals surface area contributed by atoms with Gasteiger partial charge in [0.25, 0.3) is 11.8 Å². The van der Waals surface area contributed by atoms with Crippen molar-refractivity contribution < 1.29 is 18.7 Å². The second-order valence-corrected chi connectivity index (χ2v) is 7.58. The number of nitrogens with zero attached hydrogens (tertiary/aromatic N) is 2. The first-order valence-corrected chi connectivity index (χ1v) is 10.4. The predicted octanol–water partition coefficient (Wildman–Crippen LogP) is 3.99. The van der Waals surface area contributed by atoms with Crippen molar-refractivity contribution in [3.8, 4) is 5.75 Å². The molecule has 2 aliphatic heterocycles. The Morgan fingerprint density at radius 1 is 0.967 bits per heavy atom. The topological polar surface area (TPSA) is 49.9 Å². The van der Waals surface area contributed by atoms with E-state index in [0.717, 1.165) is 43.0 Å². The number of amides is 2. The van der Waals surface area contributed by atoms with Crippen LogP contribution >= 0.6 is 0 Å². The van der Waals surface area contributed by atoms with Crippen LogP contribution < -0.4 is 4.74 Å². The highest BCUT2D eigenvalue weighted by Gasteiger charge is 2.42. The lowest BCUT2D eigenvalue weighted by Crippen LogP contribution is -2.34. The Morgan fingerprint density at radius 3 is 2.33 bits per heavy atom. The summed E-state index contributed by atoms with van der Waals surface area (Å²) in [7, 11) is 0. The molecule has 0 atom stereocenters. The lowest BCUT2D eigenvalue weighted by molar-refractivity contribution is -0.138. The molecule has 0 saturated carbocycles. The molecule has 30 heavy (non-hydrogen) atoms. The van der Waals surface area contributed by atoms with Crippen LogP contribution in [-0.4, -0.2) is 41.3 Å². The Hall–Kier alpha value is -3.15. The zero-order chi connectivity index (χ0) is 21.1. The predicted molar refractivity (Wildman–Crippen MR) is 112 cm³/mol. The lowest BCUT2D eigenvalue weighted by Gasteiger charge is -2.20. The van der Waals surface area contributed by atoms with Crippen LogP contribution in [0.4, 0.5) is 4.39 Å². The summed E-state index contributed by atoms with van der Waals surface area (Å²) >= 11 is 0. The number of hydrogen-bond acceptors (Lipinski definition) is 4. The standard InChI is InChI=1S/C24H25FN2O3/c1-2-15-30-19-11-9-17(10-12-19)21-22(26-13-5-6-14-26)24(29)27(23(21)28)16-18-7-3-4-8-20(18)25/h3-4,7-12H,2,5-6,13-16H2,1H3. The van der Waals surface area contributed by atoms with Gasteiger partial charge >= 0.3 is 0 Å². The van der Waals surface area contributed by atoms with Crippen LogP contribution in [0.25, 0.3) is 5.57 Å². The van der Waals surface area contributed by atoms with E-state index in [1.807, 2.05) is 36.1 Å². The Balaban J connectivity index is 1.68. The number of likely N-dealkylation sites (tertiary alicyclic amines) is 1. The smallest absolute Gasteiger partial charge is 0.278 e.